The van der Waals surface area contributed by atoms with Gasteiger partial charge in [-0.1, -0.05) is 27.1 Å². The molecule has 0 spiro atoms. The summed E-state index contributed by atoms with van der Waals surface area (Å²) in [4.78, 5) is 21.5. The SMILES string of the molecule is C.C[Si](C)(C)C(=O)CC(=O)C(F)(F)F. The van der Waals surface area contributed by atoms with Crippen molar-refractivity contribution < 1.29 is 22.8 Å². The lowest BCUT2D eigenvalue weighted by molar-refractivity contribution is -0.171. The summed E-state index contributed by atoms with van der Waals surface area (Å²) in [6.45, 7) is 4.83. The monoisotopic (exact) mass is 228 g/mol. The third-order valence-electron chi connectivity index (χ3n) is 1.47. The van der Waals surface area contributed by atoms with Gasteiger partial charge in [0.1, 0.15) is 13.5 Å². The van der Waals surface area contributed by atoms with Crippen LogP contribution in [0.5, 0.6) is 0 Å². The van der Waals surface area contributed by atoms with Crippen molar-refractivity contribution in [3.05, 3.63) is 0 Å². The third kappa shape index (κ3) is 5.16. The number of hydrogen-bond acceptors (Lipinski definition) is 2. The van der Waals surface area contributed by atoms with E-state index >= 15 is 0 Å². The van der Waals surface area contributed by atoms with Crippen LogP contribution >= 0.6 is 0 Å². The van der Waals surface area contributed by atoms with E-state index in [1.807, 2.05) is 0 Å². The van der Waals surface area contributed by atoms with Gasteiger partial charge < -0.3 is 4.79 Å². The van der Waals surface area contributed by atoms with Crippen LogP contribution in [0.25, 0.3) is 0 Å². The summed E-state index contributed by atoms with van der Waals surface area (Å²) in [6.07, 6.45) is -5.88. The fourth-order valence-electron chi connectivity index (χ4n) is 0.511. The van der Waals surface area contributed by atoms with Crippen LogP contribution in [0.4, 0.5) is 13.2 Å². The van der Waals surface area contributed by atoms with Crippen molar-refractivity contribution in [3.8, 4) is 0 Å². The van der Waals surface area contributed by atoms with E-state index in [9.17, 15) is 22.8 Å². The fraction of sp³-hybridized carbons (Fsp3) is 0.750. The highest BCUT2D eigenvalue weighted by atomic mass is 28.3. The maximum Gasteiger partial charge on any atom is 0.450 e. The van der Waals surface area contributed by atoms with E-state index in [2.05, 4.69) is 0 Å². The van der Waals surface area contributed by atoms with Gasteiger partial charge in [-0.05, 0) is 0 Å². The zero-order valence-corrected chi connectivity index (χ0v) is 8.66. The van der Waals surface area contributed by atoms with Crippen molar-refractivity contribution in [2.45, 2.75) is 39.7 Å². The zero-order chi connectivity index (χ0) is 10.9. The van der Waals surface area contributed by atoms with Crippen LogP contribution in [0.2, 0.25) is 19.6 Å². The molecule has 84 valence electrons. The molecule has 0 amide bonds. The fourth-order valence-corrected chi connectivity index (χ4v) is 1.20. The number of carbonyl (C=O) groups is 2. The lowest BCUT2D eigenvalue weighted by Gasteiger charge is -2.13. The molecule has 0 bridgehead atoms. The Hall–Kier alpha value is -0.653. The summed E-state index contributed by atoms with van der Waals surface area (Å²) in [5.74, 6) is -1.94. The Morgan fingerprint density at radius 3 is 1.71 bits per heavy atom. The molecule has 0 atom stereocenters. The molecule has 0 radical (unpaired) electrons. The quantitative estimate of drug-likeness (QED) is 0.549. The summed E-state index contributed by atoms with van der Waals surface area (Å²) in [6, 6.07) is 0. The smallest absolute Gasteiger partial charge is 0.305 e. The van der Waals surface area contributed by atoms with Crippen molar-refractivity contribution in [2.75, 3.05) is 0 Å². The number of carbonyl (C=O) groups excluding carboxylic acids is 2. The highest BCUT2D eigenvalue weighted by molar-refractivity contribution is 7.03. The molecule has 0 aromatic rings. The van der Waals surface area contributed by atoms with Crippen molar-refractivity contribution in [1.82, 2.24) is 0 Å². The minimum absolute atomic E-state index is 0. The summed E-state index contributed by atoms with van der Waals surface area (Å²) in [5, 5.41) is -0.560. The summed E-state index contributed by atoms with van der Waals surface area (Å²) in [5.41, 5.74) is 0. The maximum atomic E-state index is 11.7. The average Bonchev–Trinajstić information content (AvgIpc) is 1.82. The summed E-state index contributed by atoms with van der Waals surface area (Å²) in [7, 11) is -2.26. The molecule has 0 unspecified atom stereocenters. The number of ketones is 1. The van der Waals surface area contributed by atoms with Crippen LogP contribution in [0.15, 0.2) is 0 Å². The van der Waals surface area contributed by atoms with Crippen LogP contribution < -0.4 is 0 Å². The van der Waals surface area contributed by atoms with Gasteiger partial charge in [0.05, 0.1) is 6.42 Å². The number of Topliss-reactive ketones (excluding diaryl/α,β-unsaturated/α-hetero) is 1. The molecule has 0 aliphatic carbocycles. The molecular weight excluding hydrogens is 213 g/mol. The van der Waals surface area contributed by atoms with Gasteiger partial charge in [-0.2, -0.15) is 13.2 Å². The second-order valence-corrected chi connectivity index (χ2v) is 8.83. The highest BCUT2D eigenvalue weighted by Crippen LogP contribution is 2.19. The molecule has 2 nitrogen and oxygen atoms in total. The first-order valence-electron chi connectivity index (χ1n) is 3.68. The number of halogens is 3. The number of hydrogen-bond donors (Lipinski definition) is 0. The van der Waals surface area contributed by atoms with Crippen LogP contribution in [0.3, 0.4) is 0 Å². The predicted molar refractivity (Wildman–Crippen MR) is 50.8 cm³/mol. The largest absolute Gasteiger partial charge is 0.450 e. The second kappa shape index (κ2) is 4.72. The van der Waals surface area contributed by atoms with Crippen molar-refractivity contribution in [3.63, 3.8) is 0 Å². The van der Waals surface area contributed by atoms with E-state index in [-0.39, 0.29) is 7.43 Å². The molecule has 6 heteroatoms. The van der Waals surface area contributed by atoms with Crippen LogP contribution in [-0.2, 0) is 9.59 Å². The van der Waals surface area contributed by atoms with E-state index < -0.39 is 31.9 Å². The molecule has 0 aromatic carbocycles. The van der Waals surface area contributed by atoms with Gasteiger partial charge in [0.15, 0.2) is 0 Å². The first-order chi connectivity index (χ1) is 5.55. The Balaban J connectivity index is 0. The van der Waals surface area contributed by atoms with E-state index in [0.29, 0.717) is 0 Å². The molecule has 0 aliphatic heterocycles. The van der Waals surface area contributed by atoms with Gasteiger partial charge >= 0.3 is 6.18 Å². The van der Waals surface area contributed by atoms with Crippen LogP contribution in [-0.4, -0.2) is 25.4 Å². The van der Waals surface area contributed by atoms with Gasteiger partial charge in [0.25, 0.3) is 0 Å². The topological polar surface area (TPSA) is 34.1 Å². The Kier molecular flexibility index (Phi) is 5.33. The molecule has 0 N–H and O–H groups in total. The van der Waals surface area contributed by atoms with E-state index in [0.717, 1.165) is 0 Å². The Bertz CT molecular complexity index is 204. The molecule has 0 saturated heterocycles. The third-order valence-corrected chi connectivity index (χ3v) is 3.32. The summed E-state index contributed by atoms with van der Waals surface area (Å²) >= 11 is 0. The average molecular weight is 228 g/mol. The van der Waals surface area contributed by atoms with Crippen molar-refractivity contribution in [2.24, 2.45) is 0 Å². The van der Waals surface area contributed by atoms with Gasteiger partial charge in [-0.15, -0.1) is 0 Å². The molecule has 0 rings (SSSR count). The van der Waals surface area contributed by atoms with Crippen molar-refractivity contribution >= 4 is 19.3 Å². The molecule has 0 aliphatic rings. The molecule has 0 aromatic heterocycles. The first kappa shape index (κ1) is 15.8. The number of alkyl halides is 3. The Morgan fingerprint density at radius 2 is 1.50 bits per heavy atom. The number of rotatable bonds is 3. The van der Waals surface area contributed by atoms with E-state index in [1.54, 1.807) is 19.6 Å². The molecular formula is C8H15F3O2Si. The van der Waals surface area contributed by atoms with Crippen LogP contribution in [0.1, 0.15) is 13.8 Å². The molecule has 0 heterocycles. The predicted octanol–water partition coefficient (Wildman–Crippen LogP) is 2.59. The lowest BCUT2D eigenvalue weighted by atomic mass is 10.3. The summed E-state index contributed by atoms with van der Waals surface area (Å²) < 4.78 is 35.1. The minimum Gasteiger partial charge on any atom is -0.305 e. The van der Waals surface area contributed by atoms with Crippen molar-refractivity contribution in [1.29, 1.82) is 0 Å². The van der Waals surface area contributed by atoms with E-state index in [1.165, 1.54) is 0 Å². The standard InChI is InChI=1S/C7H11F3O2Si.CH4/c1-13(2,3)6(12)4-5(11)7(8,9)10;/h4H2,1-3H3;1H4. The lowest BCUT2D eigenvalue weighted by Crippen LogP contribution is -2.37. The normalized spacial score (nSPS) is 11.9. The minimum atomic E-state index is -4.88. The Labute approximate surface area is 82.5 Å². The molecule has 14 heavy (non-hydrogen) atoms. The maximum absolute atomic E-state index is 11.7. The van der Waals surface area contributed by atoms with Crippen LogP contribution in [0, 0.1) is 0 Å². The van der Waals surface area contributed by atoms with Gasteiger partial charge in [0.2, 0.25) is 5.78 Å². The van der Waals surface area contributed by atoms with E-state index in [4.69, 9.17) is 0 Å². The zero-order valence-electron chi connectivity index (χ0n) is 7.66. The van der Waals surface area contributed by atoms with Gasteiger partial charge in [0, 0.05) is 0 Å². The van der Waals surface area contributed by atoms with Gasteiger partial charge in [-0.3, -0.25) is 4.79 Å². The second-order valence-electron chi connectivity index (χ2n) is 3.77. The highest BCUT2D eigenvalue weighted by Gasteiger charge is 2.41. The Morgan fingerprint density at radius 1 is 1.14 bits per heavy atom. The van der Waals surface area contributed by atoms with Gasteiger partial charge in [-0.25, -0.2) is 0 Å². The molecule has 0 saturated carbocycles. The molecule has 0 fully saturated rings. The first-order valence-corrected chi connectivity index (χ1v) is 7.18.